The van der Waals surface area contributed by atoms with Crippen molar-refractivity contribution >= 4 is 16.0 Å². The highest BCUT2D eigenvalue weighted by atomic mass is 32.2. The smallest absolute Gasteiger partial charge is 0.244 e. The van der Waals surface area contributed by atoms with E-state index in [1.54, 1.807) is 0 Å². The van der Waals surface area contributed by atoms with Gasteiger partial charge in [-0.3, -0.25) is 0 Å². The Morgan fingerprint density at radius 2 is 1.94 bits per heavy atom. The van der Waals surface area contributed by atoms with Gasteiger partial charge in [-0.2, -0.15) is 0 Å². The second-order valence-electron chi connectivity index (χ2n) is 4.44. The van der Waals surface area contributed by atoms with Crippen molar-refractivity contribution in [3.8, 4) is 0 Å². The van der Waals surface area contributed by atoms with Crippen LogP contribution < -0.4 is 10.0 Å². The van der Waals surface area contributed by atoms with E-state index in [9.17, 15) is 8.42 Å². The van der Waals surface area contributed by atoms with E-state index in [1.165, 1.54) is 12.4 Å². The van der Waals surface area contributed by atoms with Gasteiger partial charge in [0.25, 0.3) is 0 Å². The van der Waals surface area contributed by atoms with Gasteiger partial charge in [-0.05, 0) is 26.7 Å². The van der Waals surface area contributed by atoms with E-state index in [-0.39, 0.29) is 10.4 Å². The summed E-state index contributed by atoms with van der Waals surface area (Å²) in [4.78, 5) is 7.99. The summed E-state index contributed by atoms with van der Waals surface area (Å²) in [6, 6.07) is 0. The summed E-state index contributed by atoms with van der Waals surface area (Å²) in [5, 5.41) is 2.91. The fourth-order valence-corrected chi connectivity index (χ4v) is 2.73. The molecule has 1 aromatic heterocycles. The van der Waals surface area contributed by atoms with Crippen molar-refractivity contribution in [2.45, 2.75) is 37.1 Å². The fraction of sp³-hybridized carbons (Fsp3) is 0.600. The zero-order valence-electron chi connectivity index (χ0n) is 9.90. The van der Waals surface area contributed by atoms with Crippen LogP contribution in [-0.2, 0) is 10.0 Å². The van der Waals surface area contributed by atoms with E-state index in [4.69, 9.17) is 0 Å². The second-order valence-corrected chi connectivity index (χ2v) is 6.12. The molecule has 7 heteroatoms. The Kier molecular flexibility index (Phi) is 3.05. The molecule has 0 saturated heterocycles. The lowest BCUT2D eigenvalue weighted by molar-refractivity contribution is 0.557. The van der Waals surface area contributed by atoms with Gasteiger partial charge in [0.05, 0.1) is 12.4 Å². The Labute approximate surface area is 101 Å². The number of sulfonamides is 1. The first-order valence-electron chi connectivity index (χ1n) is 5.55. The summed E-state index contributed by atoms with van der Waals surface area (Å²) in [6.45, 7) is 4.50. The van der Waals surface area contributed by atoms with Gasteiger partial charge in [0.15, 0.2) is 0 Å². The van der Waals surface area contributed by atoms with Crippen LogP contribution in [0.4, 0.5) is 5.95 Å². The zero-order chi connectivity index (χ0) is 12.5. The Hall–Kier alpha value is -1.21. The van der Waals surface area contributed by atoms with Crippen molar-refractivity contribution in [2.24, 2.45) is 0 Å². The normalized spacial score (nSPS) is 17.8. The van der Waals surface area contributed by atoms with Crippen LogP contribution in [0.5, 0.6) is 0 Å². The van der Waals surface area contributed by atoms with Gasteiger partial charge < -0.3 is 5.32 Å². The van der Waals surface area contributed by atoms with E-state index in [0.717, 1.165) is 12.8 Å². The van der Waals surface area contributed by atoms with E-state index < -0.39 is 10.0 Å². The molecule has 94 valence electrons. The third-order valence-electron chi connectivity index (χ3n) is 2.65. The summed E-state index contributed by atoms with van der Waals surface area (Å²) >= 11 is 0. The van der Waals surface area contributed by atoms with Gasteiger partial charge in [-0.25, -0.2) is 23.1 Å². The number of aromatic nitrogens is 2. The summed E-state index contributed by atoms with van der Waals surface area (Å²) in [5.41, 5.74) is -0.279. The molecule has 0 amide bonds. The standard InChI is InChI=1S/C10H16N4O2S/c1-3-11-9-12-6-8(7-13-9)17(15,16)14-10(2)4-5-10/h6-7,14H,3-5H2,1-2H3,(H,11,12,13). The molecule has 0 atom stereocenters. The SMILES string of the molecule is CCNc1ncc(S(=O)(=O)NC2(C)CC2)cn1. The van der Waals surface area contributed by atoms with Gasteiger partial charge in [0.1, 0.15) is 4.90 Å². The Morgan fingerprint density at radius 1 is 1.35 bits per heavy atom. The Balaban J connectivity index is 2.15. The molecular weight excluding hydrogens is 240 g/mol. The van der Waals surface area contributed by atoms with Gasteiger partial charge >= 0.3 is 0 Å². The number of nitrogens with one attached hydrogen (secondary N) is 2. The largest absolute Gasteiger partial charge is 0.355 e. The van der Waals surface area contributed by atoms with Crippen molar-refractivity contribution in [3.05, 3.63) is 12.4 Å². The van der Waals surface area contributed by atoms with Crippen molar-refractivity contribution in [3.63, 3.8) is 0 Å². The molecule has 17 heavy (non-hydrogen) atoms. The minimum atomic E-state index is -3.49. The Morgan fingerprint density at radius 3 is 2.41 bits per heavy atom. The molecule has 1 aliphatic carbocycles. The van der Waals surface area contributed by atoms with Gasteiger partial charge in [-0.15, -0.1) is 0 Å². The van der Waals surface area contributed by atoms with E-state index in [1.807, 2.05) is 13.8 Å². The molecular formula is C10H16N4O2S. The van der Waals surface area contributed by atoms with E-state index in [0.29, 0.717) is 12.5 Å². The van der Waals surface area contributed by atoms with Crippen LogP contribution in [0.2, 0.25) is 0 Å². The highest BCUT2D eigenvalue weighted by molar-refractivity contribution is 7.89. The molecule has 0 spiro atoms. The van der Waals surface area contributed by atoms with E-state index >= 15 is 0 Å². The van der Waals surface area contributed by atoms with Crippen molar-refractivity contribution in [2.75, 3.05) is 11.9 Å². The highest BCUT2D eigenvalue weighted by Crippen LogP contribution is 2.35. The highest BCUT2D eigenvalue weighted by Gasteiger charge is 2.41. The first-order valence-corrected chi connectivity index (χ1v) is 7.03. The van der Waals surface area contributed by atoms with Gasteiger partial charge in [0.2, 0.25) is 16.0 Å². The summed E-state index contributed by atoms with van der Waals surface area (Å²) in [5.74, 6) is 0.434. The third kappa shape index (κ3) is 2.92. The number of anilines is 1. The maximum atomic E-state index is 11.9. The fourth-order valence-electron chi connectivity index (χ4n) is 1.38. The number of hydrogen-bond donors (Lipinski definition) is 2. The van der Waals surface area contributed by atoms with E-state index in [2.05, 4.69) is 20.0 Å². The quantitative estimate of drug-likeness (QED) is 0.811. The minimum Gasteiger partial charge on any atom is -0.355 e. The summed E-state index contributed by atoms with van der Waals surface area (Å²) < 4.78 is 26.5. The monoisotopic (exact) mass is 256 g/mol. The lowest BCUT2D eigenvalue weighted by Crippen LogP contribution is -2.34. The molecule has 2 N–H and O–H groups in total. The second kappa shape index (κ2) is 4.23. The van der Waals surface area contributed by atoms with Crippen molar-refractivity contribution < 1.29 is 8.42 Å². The molecule has 0 radical (unpaired) electrons. The maximum absolute atomic E-state index is 11.9. The lowest BCUT2D eigenvalue weighted by atomic mass is 10.4. The molecule has 2 rings (SSSR count). The first kappa shape index (κ1) is 12.3. The van der Waals surface area contributed by atoms with Crippen LogP contribution in [0.25, 0.3) is 0 Å². The zero-order valence-corrected chi connectivity index (χ0v) is 10.7. The molecule has 6 nitrogen and oxygen atoms in total. The van der Waals surface area contributed by atoms with Gasteiger partial charge in [-0.1, -0.05) is 0 Å². The predicted octanol–water partition coefficient (Wildman–Crippen LogP) is 0.739. The predicted molar refractivity (Wildman–Crippen MR) is 64.2 cm³/mol. The molecule has 1 aromatic rings. The Bertz CT molecular complexity index is 494. The maximum Gasteiger partial charge on any atom is 0.244 e. The minimum absolute atomic E-state index is 0.104. The molecule has 0 bridgehead atoms. The van der Waals surface area contributed by atoms with Crippen LogP contribution in [0.3, 0.4) is 0 Å². The van der Waals surface area contributed by atoms with Crippen LogP contribution in [0, 0.1) is 0 Å². The molecule has 1 heterocycles. The molecule has 1 saturated carbocycles. The molecule has 1 aliphatic rings. The average Bonchev–Trinajstić information content (AvgIpc) is 2.96. The van der Waals surface area contributed by atoms with Crippen molar-refractivity contribution in [1.82, 2.24) is 14.7 Å². The number of rotatable bonds is 5. The average molecular weight is 256 g/mol. The molecule has 1 fully saturated rings. The van der Waals surface area contributed by atoms with Crippen LogP contribution in [0.1, 0.15) is 26.7 Å². The molecule has 0 unspecified atom stereocenters. The molecule has 0 aliphatic heterocycles. The lowest BCUT2D eigenvalue weighted by Gasteiger charge is -2.11. The number of nitrogens with zero attached hydrogens (tertiary/aromatic N) is 2. The molecule has 0 aromatic carbocycles. The number of hydrogen-bond acceptors (Lipinski definition) is 5. The topological polar surface area (TPSA) is 84.0 Å². The first-order chi connectivity index (χ1) is 7.95. The van der Waals surface area contributed by atoms with Crippen LogP contribution >= 0.6 is 0 Å². The summed E-state index contributed by atoms with van der Waals surface area (Å²) in [7, 11) is -3.49. The summed E-state index contributed by atoms with van der Waals surface area (Å²) in [6.07, 6.45) is 4.39. The van der Waals surface area contributed by atoms with Crippen LogP contribution in [-0.4, -0.2) is 30.5 Å². The van der Waals surface area contributed by atoms with Gasteiger partial charge in [0, 0.05) is 12.1 Å². The van der Waals surface area contributed by atoms with Crippen LogP contribution in [0.15, 0.2) is 17.3 Å². The van der Waals surface area contributed by atoms with Crippen molar-refractivity contribution in [1.29, 1.82) is 0 Å². The third-order valence-corrected chi connectivity index (χ3v) is 4.25.